The highest BCUT2D eigenvalue weighted by Gasteiger charge is 2.28. The van der Waals surface area contributed by atoms with Crippen LogP contribution in [0, 0.1) is 0 Å². The molecule has 0 spiro atoms. The first-order chi connectivity index (χ1) is 9.20. The molecule has 0 aromatic heterocycles. The summed E-state index contributed by atoms with van der Waals surface area (Å²) in [5.74, 6) is 0. The van der Waals surface area contributed by atoms with Crippen molar-refractivity contribution in [3.8, 4) is 0 Å². The molecular weight excluding hydrogens is 285 g/mol. The Morgan fingerprint density at radius 2 is 2.00 bits per heavy atom. The van der Waals surface area contributed by atoms with Crippen molar-refractivity contribution >= 4 is 23.2 Å². The van der Waals surface area contributed by atoms with Crippen LogP contribution in [0.2, 0.25) is 10.0 Å². The molecule has 1 aliphatic rings. The maximum Gasteiger partial charge on any atom is 0.0698 e. The molecule has 0 atom stereocenters. The Balaban J connectivity index is 1.87. The molecule has 3 nitrogen and oxygen atoms in total. The van der Waals surface area contributed by atoms with Gasteiger partial charge in [0.2, 0.25) is 0 Å². The van der Waals surface area contributed by atoms with Crippen molar-refractivity contribution in [3.63, 3.8) is 0 Å². The number of benzene rings is 1. The quantitative estimate of drug-likeness (QED) is 0.750. The Kier molecular flexibility index (Phi) is 5.92. The first-order valence-corrected chi connectivity index (χ1v) is 7.33. The number of hydrogen-bond donors (Lipinski definition) is 1. The van der Waals surface area contributed by atoms with Crippen LogP contribution in [0.4, 0.5) is 0 Å². The summed E-state index contributed by atoms with van der Waals surface area (Å²) in [6.45, 7) is 2.88. The molecule has 19 heavy (non-hydrogen) atoms. The number of halogens is 2. The second kappa shape index (κ2) is 7.46. The molecule has 0 saturated heterocycles. The van der Waals surface area contributed by atoms with Gasteiger partial charge in [-0.3, -0.25) is 4.90 Å². The summed E-state index contributed by atoms with van der Waals surface area (Å²) in [6.07, 6.45) is 2.50. The van der Waals surface area contributed by atoms with E-state index in [1.807, 2.05) is 18.2 Å². The molecular formula is C14H19Cl2NO2. The summed E-state index contributed by atoms with van der Waals surface area (Å²) in [5.41, 5.74) is 1.17. The highest BCUT2D eigenvalue weighted by molar-refractivity contribution is 6.42. The molecule has 1 aliphatic carbocycles. The van der Waals surface area contributed by atoms with Gasteiger partial charge in [-0.05, 0) is 30.5 Å². The van der Waals surface area contributed by atoms with Crippen molar-refractivity contribution in [2.24, 2.45) is 0 Å². The molecule has 2 rings (SSSR count). The normalized spacial score (nSPS) is 15.2. The third-order valence-electron chi connectivity index (χ3n) is 3.19. The lowest BCUT2D eigenvalue weighted by molar-refractivity contribution is 0.0702. The largest absolute Gasteiger partial charge is 0.394 e. The standard InChI is InChI=1S/C14H19Cl2NO2/c15-13-4-1-11(9-14(13)16)10-17(12-2-3-12)5-7-19-8-6-18/h1,4,9,12,18H,2-3,5-8,10H2. The number of hydrogen-bond acceptors (Lipinski definition) is 3. The molecule has 0 amide bonds. The van der Waals surface area contributed by atoms with Gasteiger partial charge in [-0.2, -0.15) is 0 Å². The van der Waals surface area contributed by atoms with Gasteiger partial charge in [0.15, 0.2) is 0 Å². The third kappa shape index (κ3) is 4.93. The van der Waals surface area contributed by atoms with Gasteiger partial charge in [-0.1, -0.05) is 29.3 Å². The van der Waals surface area contributed by atoms with E-state index >= 15 is 0 Å². The molecule has 0 bridgehead atoms. The number of ether oxygens (including phenoxy) is 1. The summed E-state index contributed by atoms with van der Waals surface area (Å²) < 4.78 is 5.33. The zero-order valence-electron chi connectivity index (χ0n) is 10.8. The SMILES string of the molecule is OCCOCCN(Cc1ccc(Cl)c(Cl)c1)C1CC1. The first kappa shape index (κ1) is 15.1. The van der Waals surface area contributed by atoms with E-state index < -0.39 is 0 Å². The molecule has 1 saturated carbocycles. The highest BCUT2D eigenvalue weighted by Crippen LogP contribution is 2.29. The van der Waals surface area contributed by atoms with Crippen molar-refractivity contribution in [2.45, 2.75) is 25.4 Å². The fraction of sp³-hybridized carbons (Fsp3) is 0.571. The predicted molar refractivity (Wildman–Crippen MR) is 77.8 cm³/mol. The second-order valence-electron chi connectivity index (χ2n) is 4.79. The Morgan fingerprint density at radius 3 is 2.63 bits per heavy atom. The van der Waals surface area contributed by atoms with E-state index in [0.29, 0.717) is 29.3 Å². The van der Waals surface area contributed by atoms with Crippen LogP contribution >= 0.6 is 23.2 Å². The molecule has 1 aromatic carbocycles. The van der Waals surface area contributed by atoms with E-state index in [-0.39, 0.29) is 6.61 Å². The molecule has 5 heteroatoms. The lowest BCUT2D eigenvalue weighted by atomic mass is 10.2. The minimum absolute atomic E-state index is 0.0796. The second-order valence-corrected chi connectivity index (χ2v) is 5.60. The average molecular weight is 304 g/mol. The number of rotatable bonds is 8. The molecule has 0 unspecified atom stereocenters. The van der Waals surface area contributed by atoms with E-state index in [0.717, 1.165) is 13.1 Å². The smallest absolute Gasteiger partial charge is 0.0698 e. The zero-order chi connectivity index (χ0) is 13.7. The van der Waals surface area contributed by atoms with Gasteiger partial charge in [0, 0.05) is 19.1 Å². The maximum absolute atomic E-state index is 8.68. The third-order valence-corrected chi connectivity index (χ3v) is 3.93. The number of nitrogens with zero attached hydrogens (tertiary/aromatic N) is 1. The van der Waals surface area contributed by atoms with Gasteiger partial charge in [0.1, 0.15) is 0 Å². The summed E-state index contributed by atoms with van der Waals surface area (Å²) in [7, 11) is 0. The van der Waals surface area contributed by atoms with Gasteiger partial charge in [0.05, 0.1) is 29.9 Å². The number of aliphatic hydroxyl groups is 1. The Labute approximate surface area is 124 Å². The molecule has 0 radical (unpaired) electrons. The number of aliphatic hydroxyl groups excluding tert-OH is 1. The van der Waals surface area contributed by atoms with E-state index in [1.165, 1.54) is 18.4 Å². The van der Waals surface area contributed by atoms with Gasteiger partial charge in [-0.25, -0.2) is 0 Å². The minimum Gasteiger partial charge on any atom is -0.394 e. The summed E-state index contributed by atoms with van der Waals surface area (Å²) in [6, 6.07) is 6.44. The molecule has 0 aliphatic heterocycles. The predicted octanol–water partition coefficient (Wildman–Crippen LogP) is 2.97. The van der Waals surface area contributed by atoms with Crippen LogP contribution in [0.5, 0.6) is 0 Å². The summed E-state index contributed by atoms with van der Waals surface area (Å²) in [4.78, 5) is 2.40. The fourth-order valence-corrected chi connectivity index (χ4v) is 2.37. The van der Waals surface area contributed by atoms with Gasteiger partial charge in [-0.15, -0.1) is 0 Å². The van der Waals surface area contributed by atoms with Gasteiger partial charge < -0.3 is 9.84 Å². The Hall–Kier alpha value is -0.320. The van der Waals surface area contributed by atoms with E-state index in [2.05, 4.69) is 4.90 Å². The van der Waals surface area contributed by atoms with Gasteiger partial charge >= 0.3 is 0 Å². The lowest BCUT2D eigenvalue weighted by Crippen LogP contribution is -2.29. The molecule has 1 N–H and O–H groups in total. The van der Waals surface area contributed by atoms with E-state index in [9.17, 15) is 0 Å². The topological polar surface area (TPSA) is 32.7 Å². The van der Waals surface area contributed by atoms with Crippen LogP contribution in [0.3, 0.4) is 0 Å². The van der Waals surface area contributed by atoms with E-state index in [4.69, 9.17) is 33.0 Å². The van der Waals surface area contributed by atoms with Crippen LogP contribution in [-0.4, -0.2) is 42.4 Å². The first-order valence-electron chi connectivity index (χ1n) is 6.57. The monoisotopic (exact) mass is 303 g/mol. The van der Waals surface area contributed by atoms with Crippen LogP contribution < -0.4 is 0 Å². The highest BCUT2D eigenvalue weighted by atomic mass is 35.5. The lowest BCUT2D eigenvalue weighted by Gasteiger charge is -2.22. The van der Waals surface area contributed by atoms with Crippen molar-refractivity contribution in [2.75, 3.05) is 26.4 Å². The average Bonchev–Trinajstić information content (AvgIpc) is 3.22. The van der Waals surface area contributed by atoms with Crippen LogP contribution in [0.15, 0.2) is 18.2 Å². The molecule has 106 valence electrons. The van der Waals surface area contributed by atoms with Crippen LogP contribution in [0.1, 0.15) is 18.4 Å². The van der Waals surface area contributed by atoms with Crippen molar-refractivity contribution in [1.82, 2.24) is 4.90 Å². The van der Waals surface area contributed by atoms with Crippen LogP contribution in [0.25, 0.3) is 0 Å². The maximum atomic E-state index is 8.68. The Bertz CT molecular complexity index is 410. The van der Waals surface area contributed by atoms with Crippen molar-refractivity contribution in [3.05, 3.63) is 33.8 Å². The van der Waals surface area contributed by atoms with Gasteiger partial charge in [0.25, 0.3) is 0 Å². The zero-order valence-corrected chi connectivity index (χ0v) is 12.3. The van der Waals surface area contributed by atoms with Crippen molar-refractivity contribution < 1.29 is 9.84 Å². The molecule has 1 fully saturated rings. The summed E-state index contributed by atoms with van der Waals surface area (Å²) >= 11 is 12.0. The minimum atomic E-state index is 0.0796. The van der Waals surface area contributed by atoms with E-state index in [1.54, 1.807) is 0 Å². The summed E-state index contributed by atoms with van der Waals surface area (Å²) in [5, 5.41) is 9.87. The molecule has 1 aromatic rings. The Morgan fingerprint density at radius 1 is 1.21 bits per heavy atom. The van der Waals surface area contributed by atoms with Crippen LogP contribution in [-0.2, 0) is 11.3 Å². The molecule has 0 heterocycles. The van der Waals surface area contributed by atoms with Crippen molar-refractivity contribution in [1.29, 1.82) is 0 Å². The fourth-order valence-electron chi connectivity index (χ4n) is 2.05.